The Hall–Kier alpha value is -1.32. The average Bonchev–Trinajstić information content (AvgIpc) is 2.30. The van der Waals surface area contributed by atoms with Gasteiger partial charge in [0.05, 0.1) is 12.1 Å². The van der Waals surface area contributed by atoms with Crippen LogP contribution in [-0.2, 0) is 6.42 Å². The van der Waals surface area contributed by atoms with Gasteiger partial charge in [0.1, 0.15) is 5.41 Å². The molecule has 0 aliphatic heterocycles. The van der Waals surface area contributed by atoms with Crippen LogP contribution in [0, 0.1) is 28.1 Å². The summed E-state index contributed by atoms with van der Waals surface area (Å²) in [5, 5.41) is 18.8. The zero-order chi connectivity index (χ0) is 11.1. The van der Waals surface area contributed by atoms with Crippen molar-refractivity contribution in [3.05, 3.63) is 35.9 Å². The Bertz CT molecular complexity index is 372. The van der Waals surface area contributed by atoms with Crippen molar-refractivity contribution in [1.82, 2.24) is 0 Å². The second-order valence-corrected chi connectivity index (χ2v) is 4.20. The number of benzene rings is 1. The van der Waals surface area contributed by atoms with Crippen LogP contribution < -0.4 is 0 Å². The van der Waals surface area contributed by atoms with Gasteiger partial charge in [-0.25, -0.2) is 0 Å². The van der Waals surface area contributed by atoms with Crippen LogP contribution in [0.1, 0.15) is 12.0 Å². The highest BCUT2D eigenvalue weighted by molar-refractivity contribution is 9.09. The maximum atomic E-state index is 9.08. The average molecular weight is 263 g/mol. The Morgan fingerprint density at radius 3 is 2.20 bits per heavy atom. The van der Waals surface area contributed by atoms with Crippen LogP contribution in [0.2, 0.25) is 0 Å². The highest BCUT2D eigenvalue weighted by Crippen LogP contribution is 2.26. The van der Waals surface area contributed by atoms with Crippen LogP contribution in [0.5, 0.6) is 0 Å². The Labute approximate surface area is 98.3 Å². The van der Waals surface area contributed by atoms with Gasteiger partial charge in [0.25, 0.3) is 0 Å². The molecule has 0 fully saturated rings. The first kappa shape index (κ1) is 11.8. The van der Waals surface area contributed by atoms with Crippen molar-refractivity contribution in [3.8, 4) is 12.1 Å². The molecule has 0 unspecified atom stereocenters. The molecule has 0 N–H and O–H groups in total. The molecule has 0 saturated carbocycles. The van der Waals surface area contributed by atoms with Gasteiger partial charge >= 0.3 is 0 Å². The summed E-state index contributed by atoms with van der Waals surface area (Å²) in [5.74, 6) is 0. The lowest BCUT2D eigenvalue weighted by Gasteiger charge is -2.16. The molecule has 15 heavy (non-hydrogen) atoms. The first-order valence-corrected chi connectivity index (χ1v) is 5.81. The highest BCUT2D eigenvalue weighted by Gasteiger charge is 2.29. The predicted molar refractivity (Wildman–Crippen MR) is 62.2 cm³/mol. The van der Waals surface area contributed by atoms with Crippen LogP contribution in [0.25, 0.3) is 0 Å². The zero-order valence-corrected chi connectivity index (χ0v) is 9.87. The van der Waals surface area contributed by atoms with E-state index in [0.717, 1.165) is 5.56 Å². The standard InChI is InChI=1S/C12H11BrN2/c13-7-6-12(9-14,10-15)8-11-4-2-1-3-5-11/h1-5H,6-8H2. The minimum Gasteiger partial charge on any atom is -0.197 e. The molecule has 76 valence electrons. The van der Waals surface area contributed by atoms with Crippen molar-refractivity contribution >= 4 is 15.9 Å². The van der Waals surface area contributed by atoms with Gasteiger partial charge in [-0.3, -0.25) is 0 Å². The van der Waals surface area contributed by atoms with E-state index in [-0.39, 0.29) is 0 Å². The second kappa shape index (κ2) is 5.53. The molecule has 1 rings (SSSR count). The number of hydrogen-bond acceptors (Lipinski definition) is 2. The normalized spacial score (nSPS) is 10.3. The summed E-state index contributed by atoms with van der Waals surface area (Å²) in [5.41, 5.74) is 0.131. The maximum Gasteiger partial charge on any atom is 0.148 e. The monoisotopic (exact) mass is 262 g/mol. The number of rotatable bonds is 4. The molecule has 0 saturated heterocycles. The quantitative estimate of drug-likeness (QED) is 0.784. The molecule has 0 radical (unpaired) electrons. The lowest BCUT2D eigenvalue weighted by Crippen LogP contribution is -2.20. The van der Waals surface area contributed by atoms with Gasteiger partial charge in [-0.15, -0.1) is 0 Å². The van der Waals surface area contributed by atoms with Crippen LogP contribution >= 0.6 is 15.9 Å². The van der Waals surface area contributed by atoms with Crippen molar-refractivity contribution in [2.75, 3.05) is 5.33 Å². The molecule has 1 aromatic rings. The third kappa shape index (κ3) is 3.08. The summed E-state index contributed by atoms with van der Waals surface area (Å²) in [4.78, 5) is 0. The van der Waals surface area contributed by atoms with E-state index in [1.165, 1.54) is 0 Å². The molecule has 0 aliphatic carbocycles. The molecule has 1 aromatic carbocycles. The van der Waals surface area contributed by atoms with Crippen LogP contribution in [0.3, 0.4) is 0 Å². The van der Waals surface area contributed by atoms with E-state index < -0.39 is 5.41 Å². The van der Waals surface area contributed by atoms with Crippen molar-refractivity contribution in [2.24, 2.45) is 5.41 Å². The van der Waals surface area contributed by atoms with Gasteiger partial charge < -0.3 is 0 Å². The number of hydrogen-bond donors (Lipinski definition) is 0. The molecule has 2 nitrogen and oxygen atoms in total. The summed E-state index contributed by atoms with van der Waals surface area (Å²) in [6.07, 6.45) is 1.04. The smallest absolute Gasteiger partial charge is 0.148 e. The van der Waals surface area contributed by atoms with Gasteiger partial charge in [-0.2, -0.15) is 10.5 Å². The van der Waals surface area contributed by atoms with E-state index in [9.17, 15) is 0 Å². The first-order valence-electron chi connectivity index (χ1n) is 4.69. The van der Waals surface area contributed by atoms with E-state index in [1.807, 2.05) is 30.3 Å². The van der Waals surface area contributed by atoms with Crippen LogP contribution in [0.4, 0.5) is 0 Å². The van der Waals surface area contributed by atoms with E-state index in [1.54, 1.807) is 0 Å². The Balaban J connectivity index is 2.86. The fourth-order valence-corrected chi connectivity index (χ4v) is 2.09. The van der Waals surface area contributed by atoms with Crippen LogP contribution in [-0.4, -0.2) is 5.33 Å². The molecular weight excluding hydrogens is 252 g/mol. The SMILES string of the molecule is N#CC(C#N)(CCBr)Cc1ccccc1. The molecule has 0 atom stereocenters. The predicted octanol–water partition coefficient (Wildman–Crippen LogP) is 3.05. The van der Waals surface area contributed by atoms with Crippen molar-refractivity contribution in [3.63, 3.8) is 0 Å². The minimum atomic E-state index is -0.898. The molecule has 0 aromatic heterocycles. The number of nitrogens with zero attached hydrogens (tertiary/aromatic N) is 2. The third-order valence-corrected chi connectivity index (χ3v) is 2.69. The zero-order valence-electron chi connectivity index (χ0n) is 8.28. The van der Waals surface area contributed by atoms with Gasteiger partial charge in [-0.05, 0) is 12.0 Å². The van der Waals surface area contributed by atoms with E-state index in [2.05, 4.69) is 28.1 Å². The molecule has 0 bridgehead atoms. The number of nitriles is 2. The Morgan fingerprint density at radius 2 is 1.73 bits per heavy atom. The first-order chi connectivity index (χ1) is 7.26. The van der Waals surface area contributed by atoms with Gasteiger partial charge in [0.15, 0.2) is 0 Å². The molecule has 0 heterocycles. The summed E-state index contributed by atoms with van der Waals surface area (Å²) in [6, 6.07) is 13.9. The van der Waals surface area contributed by atoms with Crippen molar-refractivity contribution < 1.29 is 0 Å². The second-order valence-electron chi connectivity index (χ2n) is 3.41. The molecule has 0 aliphatic rings. The number of halogens is 1. The fourth-order valence-electron chi connectivity index (χ4n) is 1.41. The van der Waals surface area contributed by atoms with Gasteiger partial charge in [-0.1, -0.05) is 46.3 Å². The Kier molecular flexibility index (Phi) is 4.34. The fraction of sp³-hybridized carbons (Fsp3) is 0.333. The largest absolute Gasteiger partial charge is 0.197 e. The molecular formula is C12H11BrN2. The highest BCUT2D eigenvalue weighted by atomic mass is 79.9. The van der Waals surface area contributed by atoms with Crippen LogP contribution in [0.15, 0.2) is 30.3 Å². The summed E-state index contributed by atoms with van der Waals surface area (Å²) >= 11 is 3.28. The molecule has 0 spiro atoms. The van der Waals surface area contributed by atoms with Gasteiger partial charge in [0, 0.05) is 11.8 Å². The summed E-state index contributed by atoms with van der Waals surface area (Å²) in [6.45, 7) is 0. The summed E-state index contributed by atoms with van der Waals surface area (Å²) in [7, 11) is 0. The third-order valence-electron chi connectivity index (χ3n) is 2.30. The molecule has 3 heteroatoms. The summed E-state index contributed by atoms with van der Waals surface area (Å²) < 4.78 is 0. The van der Waals surface area contributed by atoms with Crippen molar-refractivity contribution in [2.45, 2.75) is 12.8 Å². The Morgan fingerprint density at radius 1 is 1.13 bits per heavy atom. The molecule has 0 amide bonds. The van der Waals surface area contributed by atoms with E-state index in [0.29, 0.717) is 18.2 Å². The maximum absolute atomic E-state index is 9.08. The number of alkyl halides is 1. The minimum absolute atomic E-state index is 0.492. The lowest BCUT2D eigenvalue weighted by atomic mass is 9.82. The topological polar surface area (TPSA) is 47.6 Å². The van der Waals surface area contributed by atoms with E-state index >= 15 is 0 Å². The van der Waals surface area contributed by atoms with E-state index in [4.69, 9.17) is 10.5 Å². The lowest BCUT2D eigenvalue weighted by molar-refractivity contribution is 0.505. The van der Waals surface area contributed by atoms with Gasteiger partial charge in [0.2, 0.25) is 0 Å². The van der Waals surface area contributed by atoms with Crippen molar-refractivity contribution in [1.29, 1.82) is 10.5 Å².